The van der Waals surface area contributed by atoms with E-state index in [4.69, 9.17) is 27.9 Å². The molecule has 0 unspecified atom stereocenters. The van der Waals surface area contributed by atoms with Crippen LogP contribution in [0.2, 0.25) is 10.0 Å². The van der Waals surface area contributed by atoms with Crippen LogP contribution < -0.4 is 4.74 Å². The minimum Gasteiger partial charge on any atom is -0.508 e. The predicted octanol–water partition coefficient (Wildman–Crippen LogP) is 4.06. The van der Waals surface area contributed by atoms with Crippen molar-refractivity contribution in [3.05, 3.63) is 58.3 Å². The predicted molar refractivity (Wildman–Crippen MR) is 84.3 cm³/mol. The second kappa shape index (κ2) is 6.25. The van der Waals surface area contributed by atoms with Gasteiger partial charge in [0.1, 0.15) is 18.1 Å². The fourth-order valence-corrected chi connectivity index (χ4v) is 2.30. The van der Waals surface area contributed by atoms with Gasteiger partial charge < -0.3 is 9.84 Å². The lowest BCUT2D eigenvalue weighted by Gasteiger charge is -2.05. The number of halogens is 2. The van der Waals surface area contributed by atoms with Crippen LogP contribution in [-0.2, 0) is 6.61 Å². The number of aromatic nitrogens is 3. The van der Waals surface area contributed by atoms with Crippen molar-refractivity contribution in [1.29, 1.82) is 0 Å². The third-order valence-electron chi connectivity index (χ3n) is 2.92. The summed E-state index contributed by atoms with van der Waals surface area (Å²) in [7, 11) is 0. The molecule has 112 valence electrons. The molecule has 7 heteroatoms. The van der Waals surface area contributed by atoms with Crippen molar-refractivity contribution in [3.63, 3.8) is 0 Å². The zero-order chi connectivity index (χ0) is 15.5. The third kappa shape index (κ3) is 3.32. The highest BCUT2D eigenvalue weighted by Crippen LogP contribution is 2.28. The SMILES string of the molecule is Oc1ccc(-c2n[nH]c(COc3ccc(Cl)cc3Cl)n2)cc1. The zero-order valence-electron chi connectivity index (χ0n) is 11.3. The summed E-state index contributed by atoms with van der Waals surface area (Å²) >= 11 is 11.9. The summed E-state index contributed by atoms with van der Waals surface area (Å²) in [5.41, 5.74) is 0.796. The number of rotatable bonds is 4. The van der Waals surface area contributed by atoms with Crippen LogP contribution in [0.15, 0.2) is 42.5 Å². The first-order valence-electron chi connectivity index (χ1n) is 6.40. The number of ether oxygens (including phenoxy) is 1. The molecule has 0 fully saturated rings. The molecule has 3 rings (SSSR count). The summed E-state index contributed by atoms with van der Waals surface area (Å²) in [4.78, 5) is 4.33. The molecule has 2 aromatic carbocycles. The second-order valence-electron chi connectivity index (χ2n) is 4.52. The van der Waals surface area contributed by atoms with Crippen molar-refractivity contribution in [2.24, 2.45) is 0 Å². The average molecular weight is 336 g/mol. The Morgan fingerprint density at radius 1 is 1.09 bits per heavy atom. The number of hydrogen-bond acceptors (Lipinski definition) is 4. The molecule has 0 aliphatic rings. The number of nitrogens with zero attached hydrogens (tertiary/aromatic N) is 2. The second-order valence-corrected chi connectivity index (χ2v) is 5.36. The molecule has 1 aromatic heterocycles. The Bertz CT molecular complexity index is 788. The van der Waals surface area contributed by atoms with Gasteiger partial charge >= 0.3 is 0 Å². The molecule has 0 aliphatic carbocycles. The van der Waals surface area contributed by atoms with E-state index in [2.05, 4.69) is 15.2 Å². The summed E-state index contributed by atoms with van der Waals surface area (Å²) < 4.78 is 5.58. The first-order chi connectivity index (χ1) is 10.6. The molecule has 3 aromatic rings. The van der Waals surface area contributed by atoms with Crippen molar-refractivity contribution < 1.29 is 9.84 Å². The lowest BCUT2D eigenvalue weighted by Crippen LogP contribution is -1.98. The number of benzene rings is 2. The van der Waals surface area contributed by atoms with Gasteiger partial charge in [0, 0.05) is 10.6 Å². The Hall–Kier alpha value is -2.24. The Morgan fingerprint density at radius 2 is 1.86 bits per heavy atom. The van der Waals surface area contributed by atoms with E-state index in [0.29, 0.717) is 27.4 Å². The number of nitrogens with one attached hydrogen (secondary N) is 1. The standard InChI is InChI=1S/C15H11Cl2N3O2/c16-10-3-6-13(12(17)7-10)22-8-14-18-15(20-19-14)9-1-4-11(21)5-2-9/h1-7,21H,8H2,(H,18,19,20). The van der Waals surface area contributed by atoms with Gasteiger partial charge in [0.2, 0.25) is 0 Å². The molecule has 1 heterocycles. The van der Waals surface area contributed by atoms with E-state index < -0.39 is 0 Å². The lowest BCUT2D eigenvalue weighted by atomic mass is 10.2. The largest absolute Gasteiger partial charge is 0.508 e. The van der Waals surface area contributed by atoms with Gasteiger partial charge in [-0.15, -0.1) is 0 Å². The van der Waals surface area contributed by atoms with E-state index in [1.54, 1.807) is 42.5 Å². The van der Waals surface area contributed by atoms with Gasteiger partial charge in [-0.05, 0) is 42.5 Å². The highest BCUT2D eigenvalue weighted by atomic mass is 35.5. The van der Waals surface area contributed by atoms with Crippen molar-refractivity contribution >= 4 is 23.2 Å². The summed E-state index contributed by atoms with van der Waals surface area (Å²) in [5, 5.41) is 17.2. The first-order valence-corrected chi connectivity index (χ1v) is 7.16. The first kappa shape index (κ1) is 14.7. The van der Waals surface area contributed by atoms with Gasteiger partial charge in [-0.3, -0.25) is 5.10 Å². The van der Waals surface area contributed by atoms with E-state index in [-0.39, 0.29) is 12.4 Å². The number of aromatic amines is 1. The molecule has 2 N–H and O–H groups in total. The van der Waals surface area contributed by atoms with Crippen molar-refractivity contribution in [1.82, 2.24) is 15.2 Å². The number of phenolic OH excluding ortho intramolecular Hbond substituents is 1. The van der Waals surface area contributed by atoms with Gasteiger partial charge in [0.05, 0.1) is 5.02 Å². The van der Waals surface area contributed by atoms with Crippen LogP contribution in [0.1, 0.15) is 5.82 Å². The van der Waals surface area contributed by atoms with Gasteiger partial charge in [0.15, 0.2) is 11.6 Å². The molecule has 0 saturated heterocycles. The number of phenols is 1. The highest BCUT2D eigenvalue weighted by molar-refractivity contribution is 6.35. The Balaban J connectivity index is 1.70. The third-order valence-corrected chi connectivity index (χ3v) is 3.45. The van der Waals surface area contributed by atoms with E-state index in [1.807, 2.05) is 0 Å². The van der Waals surface area contributed by atoms with Crippen LogP contribution in [-0.4, -0.2) is 20.3 Å². The molecule has 0 amide bonds. The Morgan fingerprint density at radius 3 is 2.59 bits per heavy atom. The minimum absolute atomic E-state index is 0.195. The van der Waals surface area contributed by atoms with E-state index in [1.165, 1.54) is 0 Å². The molecule has 0 saturated carbocycles. The van der Waals surface area contributed by atoms with E-state index in [9.17, 15) is 5.11 Å². The number of H-pyrrole nitrogens is 1. The van der Waals surface area contributed by atoms with Crippen molar-refractivity contribution in [3.8, 4) is 22.9 Å². The summed E-state index contributed by atoms with van der Waals surface area (Å²) in [6, 6.07) is 11.6. The Labute approximate surface area is 136 Å². The highest BCUT2D eigenvalue weighted by Gasteiger charge is 2.08. The fraction of sp³-hybridized carbons (Fsp3) is 0.0667. The van der Waals surface area contributed by atoms with E-state index >= 15 is 0 Å². The monoisotopic (exact) mass is 335 g/mol. The maximum atomic E-state index is 9.27. The summed E-state index contributed by atoms with van der Waals surface area (Å²) in [6.45, 7) is 0.201. The minimum atomic E-state index is 0.195. The molecular weight excluding hydrogens is 325 g/mol. The fourth-order valence-electron chi connectivity index (χ4n) is 1.84. The molecule has 0 aliphatic heterocycles. The maximum absolute atomic E-state index is 9.27. The topological polar surface area (TPSA) is 71.0 Å². The van der Waals surface area contributed by atoms with Gasteiger partial charge in [-0.2, -0.15) is 5.10 Å². The molecule has 0 radical (unpaired) electrons. The van der Waals surface area contributed by atoms with Crippen LogP contribution in [0.3, 0.4) is 0 Å². The van der Waals surface area contributed by atoms with Crippen molar-refractivity contribution in [2.75, 3.05) is 0 Å². The quantitative estimate of drug-likeness (QED) is 0.754. The summed E-state index contributed by atoms with van der Waals surface area (Å²) in [6.07, 6.45) is 0. The molecule has 22 heavy (non-hydrogen) atoms. The van der Waals surface area contributed by atoms with E-state index in [0.717, 1.165) is 5.56 Å². The van der Waals surface area contributed by atoms with Gasteiger partial charge in [-0.1, -0.05) is 23.2 Å². The smallest absolute Gasteiger partial charge is 0.181 e. The van der Waals surface area contributed by atoms with Gasteiger partial charge in [0.25, 0.3) is 0 Å². The molecule has 5 nitrogen and oxygen atoms in total. The molecular formula is C15H11Cl2N3O2. The lowest BCUT2D eigenvalue weighted by molar-refractivity contribution is 0.296. The van der Waals surface area contributed by atoms with Gasteiger partial charge in [-0.25, -0.2) is 4.98 Å². The van der Waals surface area contributed by atoms with Crippen LogP contribution in [0.4, 0.5) is 0 Å². The molecule has 0 bridgehead atoms. The van der Waals surface area contributed by atoms with Crippen molar-refractivity contribution in [2.45, 2.75) is 6.61 Å². The number of hydrogen-bond donors (Lipinski definition) is 2. The molecule has 0 spiro atoms. The van der Waals surface area contributed by atoms with Crippen LogP contribution in [0.25, 0.3) is 11.4 Å². The average Bonchev–Trinajstić information content (AvgIpc) is 2.96. The zero-order valence-corrected chi connectivity index (χ0v) is 12.8. The number of aromatic hydroxyl groups is 1. The maximum Gasteiger partial charge on any atom is 0.181 e. The van der Waals surface area contributed by atoms with Crippen LogP contribution >= 0.6 is 23.2 Å². The van der Waals surface area contributed by atoms with Crippen LogP contribution in [0.5, 0.6) is 11.5 Å². The molecule has 0 atom stereocenters. The van der Waals surface area contributed by atoms with Crippen LogP contribution in [0, 0.1) is 0 Å². The summed E-state index contributed by atoms with van der Waals surface area (Å²) in [5.74, 6) is 1.81. The Kier molecular flexibility index (Phi) is 4.18. The normalized spacial score (nSPS) is 10.6.